The Morgan fingerprint density at radius 3 is 2.79 bits per heavy atom. The van der Waals surface area contributed by atoms with Crippen LogP contribution in [-0.2, 0) is 6.54 Å². The minimum Gasteiger partial charge on any atom is -0.380 e. The first kappa shape index (κ1) is 15.2. The SMILES string of the molecule is N#Cc1cc([N+](=O)[O-])ccc1NCc1ccccc1-n1cccn1. The number of nitro groups is 1. The van der Waals surface area contributed by atoms with Crippen LogP contribution in [0.5, 0.6) is 0 Å². The van der Waals surface area contributed by atoms with Crippen LogP contribution in [0.2, 0.25) is 0 Å². The molecule has 0 aliphatic rings. The quantitative estimate of drug-likeness (QED) is 0.575. The molecule has 7 nitrogen and oxygen atoms in total. The zero-order valence-electron chi connectivity index (χ0n) is 12.6. The Balaban J connectivity index is 1.85. The van der Waals surface area contributed by atoms with E-state index in [1.807, 2.05) is 42.6 Å². The predicted molar refractivity (Wildman–Crippen MR) is 88.7 cm³/mol. The number of rotatable bonds is 5. The molecule has 0 aliphatic carbocycles. The largest absolute Gasteiger partial charge is 0.380 e. The average molecular weight is 319 g/mol. The number of anilines is 1. The number of nitriles is 1. The number of aromatic nitrogens is 2. The molecule has 0 aliphatic heterocycles. The van der Waals surface area contributed by atoms with Crippen LogP contribution in [0, 0.1) is 21.4 Å². The summed E-state index contributed by atoms with van der Waals surface area (Å²) in [6.07, 6.45) is 3.56. The summed E-state index contributed by atoms with van der Waals surface area (Å²) in [4.78, 5) is 10.3. The number of hydrogen-bond acceptors (Lipinski definition) is 5. The summed E-state index contributed by atoms with van der Waals surface area (Å²) >= 11 is 0. The highest BCUT2D eigenvalue weighted by atomic mass is 16.6. The Hall–Kier alpha value is -3.66. The van der Waals surface area contributed by atoms with E-state index in [0.717, 1.165) is 11.3 Å². The molecule has 0 bridgehead atoms. The fourth-order valence-corrected chi connectivity index (χ4v) is 2.38. The number of benzene rings is 2. The van der Waals surface area contributed by atoms with Gasteiger partial charge in [0.1, 0.15) is 6.07 Å². The predicted octanol–water partition coefficient (Wildman–Crippen LogP) is 3.26. The first-order chi connectivity index (χ1) is 11.7. The average Bonchev–Trinajstić information content (AvgIpc) is 3.14. The topological polar surface area (TPSA) is 96.8 Å². The van der Waals surface area contributed by atoms with E-state index in [4.69, 9.17) is 0 Å². The van der Waals surface area contributed by atoms with Crippen LogP contribution in [0.1, 0.15) is 11.1 Å². The van der Waals surface area contributed by atoms with E-state index >= 15 is 0 Å². The van der Waals surface area contributed by atoms with Gasteiger partial charge in [-0.1, -0.05) is 18.2 Å². The maximum atomic E-state index is 10.8. The highest BCUT2D eigenvalue weighted by molar-refractivity contribution is 5.61. The van der Waals surface area contributed by atoms with Gasteiger partial charge < -0.3 is 5.32 Å². The van der Waals surface area contributed by atoms with Gasteiger partial charge in [0.25, 0.3) is 5.69 Å². The summed E-state index contributed by atoms with van der Waals surface area (Å²) in [7, 11) is 0. The smallest absolute Gasteiger partial charge is 0.270 e. The van der Waals surface area contributed by atoms with Crippen molar-refractivity contribution in [2.45, 2.75) is 6.54 Å². The molecule has 118 valence electrons. The molecule has 0 fully saturated rings. The fourth-order valence-electron chi connectivity index (χ4n) is 2.38. The molecule has 0 saturated carbocycles. The minimum absolute atomic E-state index is 0.103. The van der Waals surface area contributed by atoms with Crippen LogP contribution < -0.4 is 5.32 Å². The summed E-state index contributed by atoms with van der Waals surface area (Å²) in [6, 6.07) is 15.8. The van der Waals surface area contributed by atoms with E-state index in [-0.39, 0.29) is 11.3 Å². The Morgan fingerprint density at radius 1 is 1.25 bits per heavy atom. The molecule has 1 aromatic heterocycles. The van der Waals surface area contributed by atoms with Crippen LogP contribution in [0.4, 0.5) is 11.4 Å². The Labute approximate surface area is 137 Å². The second-order valence-electron chi connectivity index (χ2n) is 5.03. The van der Waals surface area contributed by atoms with Gasteiger partial charge in [-0.2, -0.15) is 10.4 Å². The molecule has 0 amide bonds. The second-order valence-corrected chi connectivity index (χ2v) is 5.03. The number of hydrogen-bond donors (Lipinski definition) is 1. The lowest BCUT2D eigenvalue weighted by Gasteiger charge is -2.12. The van der Waals surface area contributed by atoms with Crippen LogP contribution in [0.25, 0.3) is 5.69 Å². The molecule has 7 heteroatoms. The lowest BCUT2D eigenvalue weighted by atomic mass is 10.1. The van der Waals surface area contributed by atoms with Gasteiger partial charge >= 0.3 is 0 Å². The van der Waals surface area contributed by atoms with Crippen molar-refractivity contribution >= 4 is 11.4 Å². The van der Waals surface area contributed by atoms with Gasteiger partial charge in [0.05, 0.1) is 21.9 Å². The summed E-state index contributed by atoms with van der Waals surface area (Å²) in [5, 5.41) is 27.4. The molecule has 3 rings (SSSR count). The normalized spacial score (nSPS) is 10.1. The molecule has 0 atom stereocenters. The summed E-state index contributed by atoms with van der Waals surface area (Å²) in [5.74, 6) is 0. The van der Waals surface area contributed by atoms with Crippen molar-refractivity contribution in [3.63, 3.8) is 0 Å². The molecule has 3 aromatic rings. The molecule has 2 aromatic carbocycles. The maximum absolute atomic E-state index is 10.8. The second kappa shape index (κ2) is 6.62. The summed E-state index contributed by atoms with van der Waals surface area (Å²) < 4.78 is 1.76. The standard InChI is InChI=1S/C17H13N5O2/c18-11-14-10-15(22(23)24)6-7-16(14)19-12-13-4-1-2-5-17(13)21-9-3-8-20-21/h1-10,19H,12H2. The Kier molecular flexibility index (Phi) is 4.21. The number of non-ortho nitro benzene ring substituents is 1. The molecule has 1 heterocycles. The third kappa shape index (κ3) is 3.08. The number of nitrogens with one attached hydrogen (secondary N) is 1. The van der Waals surface area contributed by atoms with Crippen molar-refractivity contribution in [2.24, 2.45) is 0 Å². The third-order valence-corrected chi connectivity index (χ3v) is 3.55. The van der Waals surface area contributed by atoms with Crippen molar-refractivity contribution in [1.29, 1.82) is 5.26 Å². The highest BCUT2D eigenvalue weighted by Gasteiger charge is 2.11. The Bertz CT molecular complexity index is 913. The van der Waals surface area contributed by atoms with Crippen molar-refractivity contribution in [1.82, 2.24) is 9.78 Å². The molecular weight excluding hydrogens is 306 g/mol. The van der Waals surface area contributed by atoms with Gasteiger partial charge in [-0.05, 0) is 23.8 Å². The zero-order chi connectivity index (χ0) is 16.9. The number of para-hydroxylation sites is 1. The van der Waals surface area contributed by atoms with Crippen molar-refractivity contribution < 1.29 is 4.92 Å². The molecule has 24 heavy (non-hydrogen) atoms. The van der Waals surface area contributed by atoms with E-state index < -0.39 is 4.92 Å². The lowest BCUT2D eigenvalue weighted by molar-refractivity contribution is -0.384. The van der Waals surface area contributed by atoms with Crippen LogP contribution in [-0.4, -0.2) is 14.7 Å². The molecular formula is C17H13N5O2. The van der Waals surface area contributed by atoms with Crippen LogP contribution >= 0.6 is 0 Å². The molecule has 0 saturated heterocycles. The summed E-state index contributed by atoms with van der Waals surface area (Å²) in [5.41, 5.74) is 2.60. The van der Waals surface area contributed by atoms with E-state index in [2.05, 4.69) is 10.4 Å². The summed E-state index contributed by atoms with van der Waals surface area (Å²) in [6.45, 7) is 0.461. The first-order valence-electron chi connectivity index (χ1n) is 7.19. The zero-order valence-corrected chi connectivity index (χ0v) is 12.6. The van der Waals surface area contributed by atoms with E-state index in [1.54, 1.807) is 16.9 Å². The fraction of sp³-hybridized carbons (Fsp3) is 0.0588. The van der Waals surface area contributed by atoms with Gasteiger partial charge in [0, 0.05) is 31.1 Å². The molecule has 0 spiro atoms. The Morgan fingerprint density at radius 2 is 2.08 bits per heavy atom. The van der Waals surface area contributed by atoms with Gasteiger partial charge in [-0.25, -0.2) is 4.68 Å². The minimum atomic E-state index is -0.516. The van der Waals surface area contributed by atoms with Gasteiger partial charge in [0.15, 0.2) is 0 Å². The number of nitro benzene ring substituents is 1. The van der Waals surface area contributed by atoms with Gasteiger partial charge in [-0.15, -0.1) is 0 Å². The molecule has 0 radical (unpaired) electrons. The maximum Gasteiger partial charge on any atom is 0.270 e. The highest BCUT2D eigenvalue weighted by Crippen LogP contribution is 2.23. The van der Waals surface area contributed by atoms with E-state index in [0.29, 0.717) is 12.2 Å². The lowest BCUT2D eigenvalue weighted by Crippen LogP contribution is -2.06. The van der Waals surface area contributed by atoms with Crippen molar-refractivity contribution in [3.8, 4) is 11.8 Å². The molecule has 0 unspecified atom stereocenters. The van der Waals surface area contributed by atoms with Crippen LogP contribution in [0.15, 0.2) is 60.9 Å². The first-order valence-corrected chi connectivity index (χ1v) is 7.19. The number of nitrogens with zero attached hydrogens (tertiary/aromatic N) is 4. The van der Waals surface area contributed by atoms with Crippen molar-refractivity contribution in [3.05, 3.63) is 82.2 Å². The van der Waals surface area contributed by atoms with Crippen molar-refractivity contribution in [2.75, 3.05) is 5.32 Å². The van der Waals surface area contributed by atoms with E-state index in [9.17, 15) is 15.4 Å². The third-order valence-electron chi connectivity index (χ3n) is 3.55. The van der Waals surface area contributed by atoms with Crippen LogP contribution in [0.3, 0.4) is 0 Å². The van der Waals surface area contributed by atoms with Gasteiger partial charge in [0.2, 0.25) is 0 Å². The van der Waals surface area contributed by atoms with E-state index in [1.165, 1.54) is 12.1 Å². The monoisotopic (exact) mass is 319 g/mol. The van der Waals surface area contributed by atoms with Gasteiger partial charge in [-0.3, -0.25) is 10.1 Å². The molecule has 1 N–H and O–H groups in total.